The second-order valence-electron chi connectivity index (χ2n) is 7.48. The first kappa shape index (κ1) is 18.5. The maximum atomic E-state index is 12.6. The first-order chi connectivity index (χ1) is 12.6. The van der Waals surface area contributed by atoms with E-state index < -0.39 is 0 Å². The molecule has 2 aliphatic rings. The number of nitrogens with two attached hydrogens (primary N) is 1. The maximum Gasteiger partial charge on any atom is 0.227 e. The predicted molar refractivity (Wildman–Crippen MR) is 102 cm³/mol. The van der Waals surface area contributed by atoms with Crippen molar-refractivity contribution in [3.63, 3.8) is 0 Å². The largest absolute Gasteiger partial charge is 0.497 e. The number of nitrogens with one attached hydrogen (secondary N) is 2. The molecule has 0 unspecified atom stereocenters. The van der Waals surface area contributed by atoms with E-state index in [0.29, 0.717) is 17.1 Å². The summed E-state index contributed by atoms with van der Waals surface area (Å²) < 4.78 is 5.18. The van der Waals surface area contributed by atoms with Crippen molar-refractivity contribution in [2.75, 3.05) is 18.2 Å². The van der Waals surface area contributed by atoms with E-state index in [9.17, 15) is 9.59 Å². The number of hydrogen-bond donors (Lipinski definition) is 3. The summed E-state index contributed by atoms with van der Waals surface area (Å²) in [5.74, 6) is 1.02. The molecular weight excluding hydrogens is 330 g/mol. The van der Waals surface area contributed by atoms with Crippen molar-refractivity contribution in [1.82, 2.24) is 5.32 Å². The van der Waals surface area contributed by atoms with Crippen molar-refractivity contribution < 1.29 is 14.3 Å². The molecule has 0 radical (unpaired) electrons. The summed E-state index contributed by atoms with van der Waals surface area (Å²) in [4.78, 5) is 24.8. The Hall–Kier alpha value is -2.24. The average molecular weight is 359 g/mol. The van der Waals surface area contributed by atoms with Crippen LogP contribution in [-0.4, -0.2) is 25.0 Å². The molecule has 6 nitrogen and oxygen atoms in total. The van der Waals surface area contributed by atoms with Gasteiger partial charge in [-0.15, -0.1) is 0 Å². The minimum atomic E-state index is -0.0415. The number of anilines is 2. The van der Waals surface area contributed by atoms with Crippen LogP contribution in [-0.2, 0) is 9.59 Å². The molecule has 1 aromatic rings. The predicted octanol–water partition coefficient (Wildman–Crippen LogP) is 3.08. The molecule has 0 aromatic heterocycles. The van der Waals surface area contributed by atoms with Crippen LogP contribution < -0.4 is 21.1 Å². The summed E-state index contributed by atoms with van der Waals surface area (Å²) in [6.07, 6.45) is 7.64. The van der Waals surface area contributed by atoms with E-state index in [1.807, 2.05) is 0 Å². The van der Waals surface area contributed by atoms with Crippen molar-refractivity contribution >= 4 is 23.2 Å². The topological polar surface area (TPSA) is 93.4 Å². The van der Waals surface area contributed by atoms with Crippen molar-refractivity contribution in [3.8, 4) is 5.75 Å². The minimum absolute atomic E-state index is 0.00878. The van der Waals surface area contributed by atoms with E-state index in [4.69, 9.17) is 10.5 Å². The van der Waals surface area contributed by atoms with Crippen LogP contribution in [0, 0.1) is 11.8 Å². The monoisotopic (exact) mass is 359 g/mol. The van der Waals surface area contributed by atoms with Crippen LogP contribution in [0.25, 0.3) is 0 Å². The number of nitrogen functional groups attached to an aromatic ring is 1. The van der Waals surface area contributed by atoms with Crippen LogP contribution in [0.5, 0.6) is 5.75 Å². The third-order valence-electron chi connectivity index (χ3n) is 5.69. The van der Waals surface area contributed by atoms with Gasteiger partial charge in [0.25, 0.3) is 0 Å². The van der Waals surface area contributed by atoms with Crippen LogP contribution >= 0.6 is 0 Å². The van der Waals surface area contributed by atoms with E-state index in [1.54, 1.807) is 25.3 Å². The molecule has 3 rings (SSSR count). The first-order valence-corrected chi connectivity index (χ1v) is 9.61. The Morgan fingerprint density at radius 3 is 2.31 bits per heavy atom. The fraction of sp³-hybridized carbons (Fsp3) is 0.600. The molecule has 2 amide bonds. The number of carbonyl (C=O) groups is 2. The summed E-state index contributed by atoms with van der Waals surface area (Å²) in [7, 11) is 1.58. The first-order valence-electron chi connectivity index (χ1n) is 9.61. The van der Waals surface area contributed by atoms with E-state index in [0.717, 1.165) is 38.5 Å². The van der Waals surface area contributed by atoms with Gasteiger partial charge >= 0.3 is 0 Å². The Balaban J connectivity index is 1.48. The van der Waals surface area contributed by atoms with Crippen LogP contribution in [0.2, 0.25) is 0 Å². The molecule has 26 heavy (non-hydrogen) atoms. The van der Waals surface area contributed by atoms with Gasteiger partial charge in [-0.3, -0.25) is 9.59 Å². The fourth-order valence-electron chi connectivity index (χ4n) is 4.01. The third kappa shape index (κ3) is 4.48. The highest BCUT2D eigenvalue weighted by atomic mass is 16.5. The Morgan fingerprint density at radius 2 is 1.65 bits per heavy atom. The number of ether oxygens (including phenoxy) is 1. The van der Waals surface area contributed by atoms with Crippen LogP contribution in [0.1, 0.15) is 51.4 Å². The maximum absolute atomic E-state index is 12.6. The molecule has 2 saturated carbocycles. The highest BCUT2D eigenvalue weighted by molar-refractivity contribution is 5.95. The van der Waals surface area contributed by atoms with Crippen molar-refractivity contribution in [1.29, 1.82) is 0 Å². The lowest BCUT2D eigenvalue weighted by Gasteiger charge is -2.29. The Kier molecular flexibility index (Phi) is 6.01. The quantitative estimate of drug-likeness (QED) is 0.704. The molecule has 0 spiro atoms. The van der Waals surface area contributed by atoms with Crippen LogP contribution in [0.4, 0.5) is 11.4 Å². The smallest absolute Gasteiger partial charge is 0.227 e. The van der Waals surface area contributed by atoms with Gasteiger partial charge in [0.15, 0.2) is 0 Å². The van der Waals surface area contributed by atoms with Crippen molar-refractivity contribution in [3.05, 3.63) is 18.2 Å². The highest BCUT2D eigenvalue weighted by Gasteiger charge is 2.30. The third-order valence-corrected chi connectivity index (χ3v) is 5.69. The van der Waals surface area contributed by atoms with Crippen LogP contribution in [0.3, 0.4) is 0 Å². The lowest BCUT2D eigenvalue weighted by Crippen LogP contribution is -2.41. The number of methoxy groups -OCH3 is 1. The van der Waals surface area contributed by atoms with Gasteiger partial charge in [-0.1, -0.05) is 12.8 Å². The molecule has 2 fully saturated rings. The van der Waals surface area contributed by atoms with E-state index in [-0.39, 0.29) is 29.7 Å². The van der Waals surface area contributed by atoms with Gasteiger partial charge in [0.05, 0.1) is 18.5 Å². The van der Waals surface area contributed by atoms with Gasteiger partial charge in [0, 0.05) is 23.9 Å². The standard InChI is InChI=1S/C20H29N3O3/c1-26-16-10-11-17(21)18(12-16)23-20(25)14-6-8-15(9-7-14)22-19(24)13-4-2-3-5-13/h10-15H,2-9,21H2,1H3,(H,22,24)(H,23,25). The highest BCUT2D eigenvalue weighted by Crippen LogP contribution is 2.30. The molecule has 0 aliphatic heterocycles. The summed E-state index contributed by atoms with van der Waals surface area (Å²) in [5.41, 5.74) is 7.05. The zero-order valence-electron chi connectivity index (χ0n) is 15.4. The van der Waals surface area contributed by atoms with Gasteiger partial charge in [-0.25, -0.2) is 0 Å². The molecule has 0 bridgehead atoms. The molecule has 0 atom stereocenters. The number of rotatable bonds is 5. The van der Waals surface area contributed by atoms with Gasteiger partial charge < -0.3 is 21.1 Å². The molecule has 142 valence electrons. The molecular formula is C20H29N3O3. The van der Waals surface area contributed by atoms with Gasteiger partial charge in [0.2, 0.25) is 11.8 Å². The second-order valence-corrected chi connectivity index (χ2v) is 7.48. The van der Waals surface area contributed by atoms with Crippen LogP contribution in [0.15, 0.2) is 18.2 Å². The van der Waals surface area contributed by atoms with Crippen molar-refractivity contribution in [2.45, 2.75) is 57.4 Å². The molecule has 2 aliphatic carbocycles. The zero-order chi connectivity index (χ0) is 18.5. The molecule has 6 heteroatoms. The SMILES string of the molecule is COc1ccc(N)c(NC(=O)C2CCC(NC(=O)C3CCCC3)CC2)c1. The number of hydrogen-bond acceptors (Lipinski definition) is 4. The molecule has 4 N–H and O–H groups in total. The second kappa shape index (κ2) is 8.43. The normalized spacial score (nSPS) is 23.4. The van der Waals surface area contributed by atoms with Gasteiger partial charge in [-0.05, 0) is 50.7 Å². The summed E-state index contributed by atoms with van der Waals surface area (Å²) in [5, 5.41) is 6.11. The fourth-order valence-corrected chi connectivity index (χ4v) is 4.01. The molecule has 1 aromatic carbocycles. The summed E-state index contributed by atoms with van der Waals surface area (Å²) in [6.45, 7) is 0. The van der Waals surface area contributed by atoms with Gasteiger partial charge in [-0.2, -0.15) is 0 Å². The van der Waals surface area contributed by atoms with E-state index in [2.05, 4.69) is 10.6 Å². The van der Waals surface area contributed by atoms with E-state index in [1.165, 1.54) is 12.8 Å². The Morgan fingerprint density at radius 1 is 1.00 bits per heavy atom. The average Bonchev–Trinajstić information content (AvgIpc) is 3.19. The molecule has 0 saturated heterocycles. The minimum Gasteiger partial charge on any atom is -0.497 e. The Bertz CT molecular complexity index is 648. The lowest BCUT2D eigenvalue weighted by molar-refractivity contribution is -0.125. The number of carbonyl (C=O) groups excluding carboxylic acids is 2. The van der Waals surface area contributed by atoms with Crippen molar-refractivity contribution in [2.24, 2.45) is 11.8 Å². The summed E-state index contributed by atoms with van der Waals surface area (Å²) >= 11 is 0. The Labute approximate surface area is 154 Å². The zero-order valence-corrected chi connectivity index (χ0v) is 15.4. The summed E-state index contributed by atoms with van der Waals surface area (Å²) in [6, 6.07) is 5.43. The van der Waals surface area contributed by atoms with Gasteiger partial charge in [0.1, 0.15) is 5.75 Å². The molecule has 0 heterocycles. The van der Waals surface area contributed by atoms with E-state index >= 15 is 0 Å². The number of benzene rings is 1. The number of amides is 2. The lowest BCUT2D eigenvalue weighted by atomic mass is 9.85.